The summed E-state index contributed by atoms with van der Waals surface area (Å²) < 4.78 is 0. The number of hydrogen-bond acceptors (Lipinski definition) is 3. The second kappa shape index (κ2) is 9.39. The molecule has 164 valence electrons. The summed E-state index contributed by atoms with van der Waals surface area (Å²) >= 11 is 0. The van der Waals surface area contributed by atoms with Gasteiger partial charge in [-0.25, -0.2) is 4.98 Å². The molecule has 3 N–H and O–H groups in total. The number of aromatic nitrogens is 4. The zero-order valence-corrected chi connectivity index (χ0v) is 18.3. The smallest absolute Gasteiger partial charge is 0.220 e. The van der Waals surface area contributed by atoms with E-state index < -0.39 is 0 Å². The summed E-state index contributed by atoms with van der Waals surface area (Å²) in [6.07, 6.45) is 9.21. The summed E-state index contributed by atoms with van der Waals surface area (Å²) in [6, 6.07) is 14.9. The summed E-state index contributed by atoms with van der Waals surface area (Å²) in [4.78, 5) is 20.5. The molecule has 2 aromatic heterocycles. The second-order valence-electron chi connectivity index (χ2n) is 8.63. The van der Waals surface area contributed by atoms with E-state index in [4.69, 9.17) is 4.98 Å². The van der Waals surface area contributed by atoms with Crippen molar-refractivity contribution in [2.75, 3.05) is 6.54 Å². The predicted octanol–water partition coefficient (Wildman–Crippen LogP) is 4.71. The lowest BCUT2D eigenvalue weighted by atomic mass is 9.93. The number of nitrogens with zero attached hydrogens (tertiary/aromatic N) is 2. The number of H-pyrrole nitrogens is 2. The van der Waals surface area contributed by atoms with Crippen molar-refractivity contribution in [3.8, 4) is 11.4 Å². The molecule has 6 heteroatoms. The van der Waals surface area contributed by atoms with Gasteiger partial charge in [0.1, 0.15) is 0 Å². The molecule has 0 saturated heterocycles. The van der Waals surface area contributed by atoms with Crippen molar-refractivity contribution in [1.29, 1.82) is 0 Å². The molecular formula is C26H29N5O. The van der Waals surface area contributed by atoms with Crippen molar-refractivity contribution in [3.05, 3.63) is 71.2 Å². The number of hydrogen-bond donors (Lipinski definition) is 3. The van der Waals surface area contributed by atoms with Crippen LogP contribution in [-0.4, -0.2) is 32.6 Å². The third kappa shape index (κ3) is 4.59. The first-order valence-electron chi connectivity index (χ1n) is 11.6. The molecule has 4 bridgehead atoms. The van der Waals surface area contributed by atoms with E-state index in [1.807, 2.05) is 6.20 Å². The lowest BCUT2D eigenvalue weighted by molar-refractivity contribution is -0.121. The summed E-state index contributed by atoms with van der Waals surface area (Å²) in [5, 5.41) is 11.8. The van der Waals surface area contributed by atoms with E-state index >= 15 is 0 Å². The Kier molecular flexibility index (Phi) is 6.01. The first-order valence-corrected chi connectivity index (χ1v) is 11.6. The molecule has 0 unspecified atom stereocenters. The van der Waals surface area contributed by atoms with Crippen LogP contribution in [0, 0.1) is 0 Å². The molecule has 0 fully saturated rings. The van der Waals surface area contributed by atoms with Crippen LogP contribution in [0.15, 0.2) is 48.7 Å². The monoisotopic (exact) mass is 427 g/mol. The van der Waals surface area contributed by atoms with Crippen LogP contribution in [0.2, 0.25) is 0 Å². The molecule has 6 nitrogen and oxygen atoms in total. The van der Waals surface area contributed by atoms with Crippen molar-refractivity contribution in [1.82, 2.24) is 25.5 Å². The van der Waals surface area contributed by atoms with Gasteiger partial charge in [-0.05, 0) is 60.6 Å². The molecule has 1 aliphatic rings. The Morgan fingerprint density at radius 1 is 0.906 bits per heavy atom. The molecule has 0 aliphatic carbocycles. The minimum atomic E-state index is 0.136. The highest BCUT2D eigenvalue weighted by atomic mass is 16.1. The Morgan fingerprint density at radius 3 is 2.81 bits per heavy atom. The molecule has 2 aromatic carbocycles. The van der Waals surface area contributed by atoms with Crippen LogP contribution in [0.4, 0.5) is 0 Å². The number of carbonyl (C=O) groups is 1. The van der Waals surface area contributed by atoms with Crippen LogP contribution in [0.1, 0.15) is 54.6 Å². The van der Waals surface area contributed by atoms with Crippen molar-refractivity contribution in [2.24, 2.45) is 0 Å². The van der Waals surface area contributed by atoms with E-state index in [1.54, 1.807) is 0 Å². The molecule has 3 heterocycles. The Bertz CT molecular complexity index is 1220. The zero-order valence-electron chi connectivity index (χ0n) is 18.3. The SMILES string of the molecule is O=C1CCc2c(ccc3[nH]ccc23)Cc2cccc(c2)-c2nc(n[nH]2)CCCCCCN1. The molecule has 1 amide bonds. The second-order valence-corrected chi connectivity index (χ2v) is 8.63. The molecule has 5 rings (SSSR count). The molecule has 32 heavy (non-hydrogen) atoms. The Morgan fingerprint density at radius 2 is 1.84 bits per heavy atom. The Labute approximate surface area is 187 Å². The molecule has 1 aliphatic heterocycles. The first-order chi connectivity index (χ1) is 15.8. The topological polar surface area (TPSA) is 86.5 Å². The van der Waals surface area contributed by atoms with Crippen LogP contribution < -0.4 is 5.32 Å². The molecule has 0 saturated carbocycles. The van der Waals surface area contributed by atoms with Crippen molar-refractivity contribution in [2.45, 2.75) is 51.4 Å². The van der Waals surface area contributed by atoms with Gasteiger partial charge in [0.2, 0.25) is 5.91 Å². The van der Waals surface area contributed by atoms with Gasteiger partial charge in [-0.2, -0.15) is 5.10 Å². The number of aromatic amines is 2. The molecular weight excluding hydrogens is 398 g/mol. The molecule has 4 aromatic rings. The lowest BCUT2D eigenvalue weighted by Gasteiger charge is -2.13. The van der Waals surface area contributed by atoms with Gasteiger partial charge in [0.05, 0.1) is 0 Å². The quantitative estimate of drug-likeness (QED) is 0.380. The van der Waals surface area contributed by atoms with Crippen LogP contribution in [0.5, 0.6) is 0 Å². The van der Waals surface area contributed by atoms with Gasteiger partial charge in [0.25, 0.3) is 0 Å². The maximum Gasteiger partial charge on any atom is 0.220 e. The number of fused-ring (bicyclic) bond motifs is 8. The van der Waals surface area contributed by atoms with Gasteiger partial charge in [-0.1, -0.05) is 37.1 Å². The minimum Gasteiger partial charge on any atom is -0.361 e. The number of rotatable bonds is 0. The van der Waals surface area contributed by atoms with Crippen molar-refractivity contribution >= 4 is 16.8 Å². The fraction of sp³-hybridized carbons (Fsp3) is 0.346. The molecule has 0 atom stereocenters. The van der Waals surface area contributed by atoms with E-state index in [0.29, 0.717) is 6.42 Å². The standard InChI is InChI=1S/C26H29N5O/c32-25-12-10-21-19(9-11-23-22(21)13-15-27-23)16-18-6-5-7-20(17-18)26-29-24(30-31-26)8-3-1-2-4-14-28-25/h5-7,9,11,13,15,17,27H,1-4,8,10,12,14,16H2,(H,28,32)(H,29,30,31). The highest BCUT2D eigenvalue weighted by Crippen LogP contribution is 2.27. The lowest BCUT2D eigenvalue weighted by Crippen LogP contribution is -2.24. The molecule has 0 spiro atoms. The van der Waals surface area contributed by atoms with E-state index in [2.05, 4.69) is 63.0 Å². The molecule has 0 radical (unpaired) electrons. The van der Waals surface area contributed by atoms with Crippen LogP contribution in [0.3, 0.4) is 0 Å². The van der Waals surface area contributed by atoms with E-state index in [1.165, 1.54) is 22.1 Å². The average molecular weight is 428 g/mol. The average Bonchev–Trinajstić information content (AvgIpc) is 3.47. The normalized spacial score (nSPS) is 15.9. The number of aryl methyl sites for hydroxylation is 2. The fourth-order valence-corrected chi connectivity index (χ4v) is 4.60. The van der Waals surface area contributed by atoms with E-state index in [0.717, 1.165) is 74.2 Å². The third-order valence-corrected chi connectivity index (χ3v) is 6.32. The van der Waals surface area contributed by atoms with Gasteiger partial charge in [-0.3, -0.25) is 9.89 Å². The highest BCUT2D eigenvalue weighted by Gasteiger charge is 2.13. The van der Waals surface area contributed by atoms with Crippen LogP contribution in [0.25, 0.3) is 22.3 Å². The number of nitrogens with one attached hydrogen (secondary N) is 3. The van der Waals surface area contributed by atoms with Crippen LogP contribution >= 0.6 is 0 Å². The largest absolute Gasteiger partial charge is 0.361 e. The predicted molar refractivity (Wildman–Crippen MR) is 126 cm³/mol. The van der Waals surface area contributed by atoms with Gasteiger partial charge >= 0.3 is 0 Å². The van der Waals surface area contributed by atoms with E-state index in [-0.39, 0.29) is 5.91 Å². The summed E-state index contributed by atoms with van der Waals surface area (Å²) in [6.45, 7) is 0.747. The maximum absolute atomic E-state index is 12.5. The number of benzene rings is 2. The Balaban J connectivity index is 1.49. The minimum absolute atomic E-state index is 0.136. The van der Waals surface area contributed by atoms with E-state index in [9.17, 15) is 4.79 Å². The summed E-state index contributed by atoms with van der Waals surface area (Å²) in [5.41, 5.74) is 5.91. The van der Waals surface area contributed by atoms with Crippen molar-refractivity contribution in [3.63, 3.8) is 0 Å². The van der Waals surface area contributed by atoms with Crippen LogP contribution in [-0.2, 0) is 24.1 Å². The highest BCUT2D eigenvalue weighted by molar-refractivity contribution is 5.85. The van der Waals surface area contributed by atoms with Gasteiger partial charge < -0.3 is 10.3 Å². The first kappa shape index (κ1) is 20.5. The third-order valence-electron chi connectivity index (χ3n) is 6.32. The van der Waals surface area contributed by atoms with Crippen molar-refractivity contribution < 1.29 is 4.79 Å². The van der Waals surface area contributed by atoms with Gasteiger partial charge in [-0.15, -0.1) is 0 Å². The van der Waals surface area contributed by atoms with Gasteiger partial charge in [0.15, 0.2) is 11.6 Å². The maximum atomic E-state index is 12.5. The summed E-state index contributed by atoms with van der Waals surface area (Å²) in [5.74, 6) is 1.84. The summed E-state index contributed by atoms with van der Waals surface area (Å²) in [7, 11) is 0. The number of carbonyl (C=O) groups excluding carboxylic acids is 1. The fourth-order valence-electron chi connectivity index (χ4n) is 4.60. The van der Waals surface area contributed by atoms with Gasteiger partial charge in [0, 0.05) is 42.0 Å². The zero-order chi connectivity index (χ0) is 21.8. The number of amides is 1. The Hall–Kier alpha value is -3.41.